The first kappa shape index (κ1) is 21.0. The molecule has 3 rings (SSSR count). The number of carbonyl (C=O) groups is 2. The lowest BCUT2D eigenvalue weighted by Gasteiger charge is -2.07. The first-order valence-electron chi connectivity index (χ1n) is 8.99. The number of carbonyl (C=O) groups excluding carboxylic acids is 2. The normalized spacial score (nSPS) is 11.8. The Labute approximate surface area is 177 Å². The fraction of sp³-hybridized carbons (Fsp3) is 0.190. The number of rotatable bonds is 8. The van der Waals surface area contributed by atoms with Crippen LogP contribution in [-0.4, -0.2) is 28.7 Å². The van der Waals surface area contributed by atoms with Crippen LogP contribution in [-0.2, 0) is 0 Å². The number of anilines is 2. The Hall–Kier alpha value is -2.68. The number of benzene rings is 2. The minimum absolute atomic E-state index is 0.105. The van der Waals surface area contributed by atoms with E-state index in [1.807, 2.05) is 6.26 Å². The number of amides is 1. The molecule has 0 fully saturated rings. The molecular weight excluding hydrogens is 404 g/mol. The van der Waals surface area contributed by atoms with Gasteiger partial charge in [-0.1, -0.05) is 0 Å². The predicted molar refractivity (Wildman–Crippen MR) is 121 cm³/mol. The second-order valence-electron chi connectivity index (χ2n) is 6.44. The van der Waals surface area contributed by atoms with Crippen LogP contribution >= 0.6 is 23.1 Å². The summed E-state index contributed by atoms with van der Waals surface area (Å²) in [5.41, 5.74) is 14.4. The summed E-state index contributed by atoms with van der Waals surface area (Å²) in [6, 6.07) is 13.4. The zero-order chi connectivity index (χ0) is 20.8. The largest absolute Gasteiger partial charge is 0.399 e. The van der Waals surface area contributed by atoms with E-state index < -0.39 is 0 Å². The lowest BCUT2D eigenvalue weighted by Crippen LogP contribution is -2.14. The molecule has 1 aromatic heterocycles. The van der Waals surface area contributed by atoms with Gasteiger partial charge in [0, 0.05) is 27.9 Å². The van der Waals surface area contributed by atoms with Crippen molar-refractivity contribution in [2.75, 3.05) is 23.1 Å². The number of nitrogens with two attached hydrogens (primary N) is 2. The Kier molecular flexibility index (Phi) is 7.03. The lowest BCUT2D eigenvalue weighted by molar-refractivity contribution is 0.102. The lowest BCUT2D eigenvalue weighted by atomic mass is 10.0. The van der Waals surface area contributed by atoms with E-state index in [1.54, 1.807) is 65.7 Å². The van der Waals surface area contributed by atoms with E-state index in [2.05, 4.69) is 10.3 Å². The summed E-state index contributed by atoms with van der Waals surface area (Å²) < 4.78 is 0. The average molecular weight is 427 g/mol. The van der Waals surface area contributed by atoms with Gasteiger partial charge in [0.25, 0.3) is 5.91 Å². The minimum atomic E-state index is -0.304. The summed E-state index contributed by atoms with van der Waals surface area (Å²) in [7, 11) is 0. The Morgan fingerprint density at radius 2 is 1.72 bits per heavy atom. The van der Waals surface area contributed by atoms with Crippen molar-refractivity contribution >= 4 is 46.2 Å². The van der Waals surface area contributed by atoms with Gasteiger partial charge in [0.1, 0.15) is 10.7 Å². The van der Waals surface area contributed by atoms with Crippen molar-refractivity contribution in [3.05, 3.63) is 75.7 Å². The fourth-order valence-electron chi connectivity index (χ4n) is 2.63. The third-order valence-electron chi connectivity index (χ3n) is 4.28. The molecule has 1 amide bonds. The highest BCUT2D eigenvalue weighted by molar-refractivity contribution is 7.98. The second kappa shape index (κ2) is 9.69. The van der Waals surface area contributed by atoms with Gasteiger partial charge in [-0.3, -0.25) is 9.59 Å². The van der Waals surface area contributed by atoms with Gasteiger partial charge in [-0.05, 0) is 67.0 Å². The van der Waals surface area contributed by atoms with Crippen LogP contribution in [0, 0.1) is 0 Å². The highest BCUT2D eigenvalue weighted by atomic mass is 32.2. The third-order valence-corrected chi connectivity index (χ3v) is 5.90. The Morgan fingerprint density at radius 1 is 1.10 bits per heavy atom. The topological polar surface area (TPSA) is 111 Å². The van der Waals surface area contributed by atoms with E-state index >= 15 is 0 Å². The molecule has 0 aliphatic carbocycles. The molecule has 29 heavy (non-hydrogen) atoms. The van der Waals surface area contributed by atoms with E-state index in [1.165, 1.54) is 11.3 Å². The number of nitrogens with zero attached hydrogens (tertiary/aromatic N) is 1. The van der Waals surface area contributed by atoms with Gasteiger partial charge in [0.2, 0.25) is 0 Å². The average Bonchev–Trinajstić information content (AvgIpc) is 3.23. The van der Waals surface area contributed by atoms with Gasteiger partial charge in [-0.25, -0.2) is 4.98 Å². The molecule has 8 heteroatoms. The van der Waals surface area contributed by atoms with Crippen molar-refractivity contribution in [3.8, 4) is 0 Å². The molecule has 5 N–H and O–H groups in total. The summed E-state index contributed by atoms with van der Waals surface area (Å²) in [6.07, 6.45) is 2.85. The third kappa shape index (κ3) is 5.44. The molecule has 0 aliphatic heterocycles. The number of hydrogen-bond acceptors (Lipinski definition) is 7. The van der Waals surface area contributed by atoms with Crippen LogP contribution in [0.4, 0.5) is 11.4 Å². The molecule has 150 valence electrons. The van der Waals surface area contributed by atoms with Crippen LogP contribution in [0.1, 0.15) is 43.9 Å². The minimum Gasteiger partial charge on any atom is -0.399 e. The predicted octanol–water partition coefficient (Wildman–Crippen LogP) is 3.96. The molecule has 0 radical (unpaired) electrons. The number of ketones is 1. The van der Waals surface area contributed by atoms with Crippen molar-refractivity contribution < 1.29 is 9.59 Å². The summed E-state index contributed by atoms with van der Waals surface area (Å²) in [6.45, 7) is 0. The summed E-state index contributed by atoms with van der Waals surface area (Å²) >= 11 is 3.12. The molecule has 0 aliphatic rings. The fourth-order valence-corrected chi connectivity index (χ4v) is 3.96. The second-order valence-corrected chi connectivity index (χ2v) is 8.32. The molecule has 0 bridgehead atoms. The summed E-state index contributed by atoms with van der Waals surface area (Å²) in [5.74, 6) is 0.539. The zero-order valence-corrected chi connectivity index (χ0v) is 17.6. The Balaban J connectivity index is 1.63. The van der Waals surface area contributed by atoms with Crippen LogP contribution in [0.15, 0.2) is 53.9 Å². The van der Waals surface area contributed by atoms with Crippen molar-refractivity contribution in [3.63, 3.8) is 0 Å². The standard InChI is InChI=1S/C21H22N4O2S2/c1-28-11-10-17(23)21-25-18(12-29-21)20(27)24-16-8-4-14(5-9-16)19(26)13-2-6-15(22)7-3-13/h2-9,12,17H,10-11,22-23H2,1H3,(H,24,27). The van der Waals surface area contributed by atoms with Crippen LogP contribution in [0.2, 0.25) is 0 Å². The van der Waals surface area contributed by atoms with E-state index in [0.717, 1.165) is 17.2 Å². The SMILES string of the molecule is CSCCC(N)c1nc(C(=O)Nc2ccc(C(=O)c3ccc(N)cc3)cc2)cs1. The van der Waals surface area contributed by atoms with E-state index in [4.69, 9.17) is 11.5 Å². The van der Waals surface area contributed by atoms with Crippen molar-refractivity contribution in [1.82, 2.24) is 4.98 Å². The quantitative estimate of drug-likeness (QED) is 0.371. The number of thiazole rings is 1. The van der Waals surface area contributed by atoms with Crippen LogP contribution in [0.3, 0.4) is 0 Å². The van der Waals surface area contributed by atoms with E-state index in [-0.39, 0.29) is 17.7 Å². The van der Waals surface area contributed by atoms with E-state index in [9.17, 15) is 9.59 Å². The molecule has 1 unspecified atom stereocenters. The smallest absolute Gasteiger partial charge is 0.275 e. The van der Waals surface area contributed by atoms with Gasteiger partial charge in [0.15, 0.2) is 5.78 Å². The van der Waals surface area contributed by atoms with Gasteiger partial charge in [-0.2, -0.15) is 11.8 Å². The van der Waals surface area contributed by atoms with Gasteiger partial charge in [-0.15, -0.1) is 11.3 Å². The number of aromatic nitrogens is 1. The molecule has 0 spiro atoms. The van der Waals surface area contributed by atoms with Gasteiger partial charge in [0.05, 0.1) is 6.04 Å². The molecule has 1 heterocycles. The summed E-state index contributed by atoms with van der Waals surface area (Å²) in [4.78, 5) is 29.3. The highest BCUT2D eigenvalue weighted by Crippen LogP contribution is 2.21. The van der Waals surface area contributed by atoms with Crippen LogP contribution in [0.5, 0.6) is 0 Å². The Morgan fingerprint density at radius 3 is 2.34 bits per heavy atom. The molecule has 6 nitrogen and oxygen atoms in total. The van der Waals surface area contributed by atoms with E-state index in [0.29, 0.717) is 28.2 Å². The number of nitrogen functional groups attached to an aromatic ring is 1. The number of thioether (sulfide) groups is 1. The number of hydrogen-bond donors (Lipinski definition) is 3. The monoisotopic (exact) mass is 426 g/mol. The van der Waals surface area contributed by atoms with Gasteiger partial charge < -0.3 is 16.8 Å². The van der Waals surface area contributed by atoms with Gasteiger partial charge >= 0.3 is 0 Å². The van der Waals surface area contributed by atoms with Crippen molar-refractivity contribution in [2.45, 2.75) is 12.5 Å². The van der Waals surface area contributed by atoms with Crippen LogP contribution in [0.25, 0.3) is 0 Å². The maximum Gasteiger partial charge on any atom is 0.275 e. The van der Waals surface area contributed by atoms with Crippen molar-refractivity contribution in [1.29, 1.82) is 0 Å². The number of nitrogens with one attached hydrogen (secondary N) is 1. The maximum absolute atomic E-state index is 12.5. The molecule has 3 aromatic rings. The molecular formula is C21H22N4O2S2. The van der Waals surface area contributed by atoms with Crippen molar-refractivity contribution in [2.24, 2.45) is 5.73 Å². The summed E-state index contributed by atoms with van der Waals surface area (Å²) in [5, 5.41) is 5.27. The first-order chi connectivity index (χ1) is 14.0. The molecule has 1 atom stereocenters. The highest BCUT2D eigenvalue weighted by Gasteiger charge is 2.16. The molecule has 2 aromatic carbocycles. The van der Waals surface area contributed by atoms with Crippen LogP contribution < -0.4 is 16.8 Å². The Bertz CT molecular complexity index is 985. The maximum atomic E-state index is 12.5. The zero-order valence-electron chi connectivity index (χ0n) is 15.9. The molecule has 0 saturated carbocycles. The molecule has 0 saturated heterocycles. The first-order valence-corrected chi connectivity index (χ1v) is 11.3.